The van der Waals surface area contributed by atoms with Crippen LogP contribution in [0.25, 0.3) is 22.5 Å². The van der Waals surface area contributed by atoms with Crippen LogP contribution in [0.1, 0.15) is 26.5 Å². The molecule has 0 unspecified atom stereocenters. The SMILES string of the molecule is CC(=O)OOCCOCCN(c1nc(-c2ccccc2)c(-c2ccccc2)nc1C)C(C)C. The Morgan fingerprint density at radius 3 is 2.00 bits per heavy atom. The van der Waals surface area contributed by atoms with Crippen LogP contribution in [0.4, 0.5) is 5.82 Å². The molecule has 0 N–H and O–H groups in total. The number of rotatable bonds is 11. The van der Waals surface area contributed by atoms with E-state index in [2.05, 4.69) is 47.9 Å². The molecule has 174 valence electrons. The molecule has 0 saturated heterocycles. The fraction of sp³-hybridized carbons (Fsp3) is 0.346. The molecule has 0 amide bonds. The maximum Gasteiger partial charge on any atom is 0.339 e. The first-order chi connectivity index (χ1) is 16.0. The third-order valence-electron chi connectivity index (χ3n) is 5.00. The maximum atomic E-state index is 10.7. The van der Waals surface area contributed by atoms with Crippen LogP contribution in [0.5, 0.6) is 0 Å². The predicted molar refractivity (Wildman–Crippen MR) is 129 cm³/mol. The lowest BCUT2D eigenvalue weighted by molar-refractivity contribution is -0.274. The quantitative estimate of drug-likeness (QED) is 0.235. The van der Waals surface area contributed by atoms with E-state index in [1.165, 1.54) is 6.92 Å². The van der Waals surface area contributed by atoms with Gasteiger partial charge in [0.1, 0.15) is 6.61 Å². The first-order valence-electron chi connectivity index (χ1n) is 11.1. The van der Waals surface area contributed by atoms with Crippen molar-refractivity contribution in [2.24, 2.45) is 0 Å². The largest absolute Gasteiger partial charge is 0.377 e. The first kappa shape index (κ1) is 24.4. The minimum atomic E-state index is -0.483. The van der Waals surface area contributed by atoms with E-state index in [1.54, 1.807) is 0 Å². The van der Waals surface area contributed by atoms with E-state index in [-0.39, 0.29) is 12.6 Å². The molecule has 0 fully saturated rings. The number of aromatic nitrogens is 2. The summed E-state index contributed by atoms with van der Waals surface area (Å²) < 4.78 is 5.66. The highest BCUT2D eigenvalue weighted by Gasteiger charge is 2.20. The van der Waals surface area contributed by atoms with Gasteiger partial charge in [0.15, 0.2) is 5.82 Å². The average molecular weight is 450 g/mol. The van der Waals surface area contributed by atoms with Crippen molar-refractivity contribution in [3.63, 3.8) is 0 Å². The molecule has 0 aliphatic rings. The summed E-state index contributed by atoms with van der Waals surface area (Å²) in [5.41, 5.74) is 4.63. The van der Waals surface area contributed by atoms with Gasteiger partial charge in [-0.15, -0.1) is 0 Å². The van der Waals surface area contributed by atoms with Crippen LogP contribution in [0.15, 0.2) is 60.7 Å². The molecule has 2 aromatic carbocycles. The second-order valence-corrected chi connectivity index (χ2v) is 7.86. The summed E-state index contributed by atoms with van der Waals surface area (Å²) in [6.45, 7) is 9.15. The van der Waals surface area contributed by atoms with Gasteiger partial charge in [-0.05, 0) is 20.8 Å². The van der Waals surface area contributed by atoms with E-state index in [0.717, 1.165) is 34.0 Å². The Labute approximate surface area is 195 Å². The Kier molecular flexibility index (Phi) is 8.92. The van der Waals surface area contributed by atoms with Gasteiger partial charge >= 0.3 is 5.97 Å². The summed E-state index contributed by atoms with van der Waals surface area (Å²) >= 11 is 0. The normalized spacial score (nSPS) is 10.9. The summed E-state index contributed by atoms with van der Waals surface area (Å²) in [7, 11) is 0. The Balaban J connectivity index is 1.84. The zero-order chi connectivity index (χ0) is 23.6. The second-order valence-electron chi connectivity index (χ2n) is 7.86. The fourth-order valence-corrected chi connectivity index (χ4v) is 3.47. The molecule has 1 heterocycles. The van der Waals surface area contributed by atoms with E-state index in [9.17, 15) is 4.79 Å². The smallest absolute Gasteiger partial charge is 0.339 e. The van der Waals surface area contributed by atoms with Crippen LogP contribution in [-0.2, 0) is 19.3 Å². The number of ether oxygens (including phenoxy) is 1. The highest BCUT2D eigenvalue weighted by molar-refractivity contribution is 5.79. The number of hydrogen-bond acceptors (Lipinski definition) is 7. The third-order valence-corrected chi connectivity index (χ3v) is 5.00. The van der Waals surface area contributed by atoms with Crippen molar-refractivity contribution in [2.75, 3.05) is 31.3 Å². The Morgan fingerprint density at radius 1 is 0.879 bits per heavy atom. The Morgan fingerprint density at radius 2 is 1.45 bits per heavy atom. The standard InChI is InChI=1S/C26H31N3O4/c1-19(2)29(15-16-31-17-18-32-33-21(4)30)26-20(3)27-24(22-11-7-5-8-12-22)25(28-26)23-13-9-6-10-14-23/h5-14,19H,15-18H2,1-4H3. The van der Waals surface area contributed by atoms with Gasteiger partial charge in [-0.2, -0.15) is 4.89 Å². The van der Waals surface area contributed by atoms with E-state index < -0.39 is 5.97 Å². The van der Waals surface area contributed by atoms with Gasteiger partial charge in [0.2, 0.25) is 0 Å². The number of carbonyl (C=O) groups excluding carboxylic acids is 1. The van der Waals surface area contributed by atoms with Crippen molar-refractivity contribution >= 4 is 11.8 Å². The molecule has 0 atom stereocenters. The van der Waals surface area contributed by atoms with Gasteiger partial charge in [0.25, 0.3) is 0 Å². The van der Waals surface area contributed by atoms with Crippen molar-refractivity contribution in [3.8, 4) is 22.5 Å². The number of anilines is 1. The van der Waals surface area contributed by atoms with Crippen LogP contribution in [0.3, 0.4) is 0 Å². The summed E-state index contributed by atoms with van der Waals surface area (Å²) in [5, 5.41) is 0. The Hall–Kier alpha value is -3.29. The molecular weight excluding hydrogens is 418 g/mol. The summed E-state index contributed by atoms with van der Waals surface area (Å²) in [5.74, 6) is 0.353. The zero-order valence-electron chi connectivity index (χ0n) is 19.7. The molecule has 0 radical (unpaired) electrons. The minimum absolute atomic E-state index is 0.185. The van der Waals surface area contributed by atoms with Gasteiger partial charge in [-0.1, -0.05) is 60.7 Å². The lowest BCUT2D eigenvalue weighted by Crippen LogP contribution is -2.35. The molecule has 3 rings (SSSR count). The number of aryl methyl sites for hydroxylation is 1. The zero-order valence-corrected chi connectivity index (χ0v) is 19.7. The van der Waals surface area contributed by atoms with Crippen LogP contribution in [-0.4, -0.2) is 48.3 Å². The molecule has 0 spiro atoms. The van der Waals surface area contributed by atoms with Gasteiger partial charge < -0.3 is 9.64 Å². The second kappa shape index (κ2) is 12.1. The summed E-state index contributed by atoms with van der Waals surface area (Å²) in [6.07, 6.45) is 0. The highest BCUT2D eigenvalue weighted by Crippen LogP contribution is 2.32. The summed E-state index contributed by atoms with van der Waals surface area (Å²) in [4.78, 5) is 32.2. The number of carbonyl (C=O) groups is 1. The maximum absolute atomic E-state index is 10.7. The molecule has 7 nitrogen and oxygen atoms in total. The van der Waals surface area contributed by atoms with Crippen molar-refractivity contribution in [3.05, 3.63) is 66.4 Å². The molecule has 0 aliphatic heterocycles. The molecule has 0 bridgehead atoms. The molecule has 1 aromatic heterocycles. The third kappa shape index (κ3) is 6.84. The molecular formula is C26H31N3O4. The van der Waals surface area contributed by atoms with Crippen molar-refractivity contribution in [1.82, 2.24) is 9.97 Å². The lowest BCUT2D eigenvalue weighted by atomic mass is 10.0. The number of benzene rings is 2. The summed E-state index contributed by atoms with van der Waals surface area (Å²) in [6, 6.07) is 20.5. The topological polar surface area (TPSA) is 73.8 Å². The van der Waals surface area contributed by atoms with Crippen LogP contribution < -0.4 is 4.90 Å². The Bertz CT molecular complexity index is 1030. The van der Waals surface area contributed by atoms with E-state index in [1.807, 2.05) is 43.3 Å². The molecule has 3 aromatic rings. The first-order valence-corrected chi connectivity index (χ1v) is 11.1. The van der Waals surface area contributed by atoms with Crippen LogP contribution in [0.2, 0.25) is 0 Å². The highest BCUT2D eigenvalue weighted by atomic mass is 17.2. The molecule has 0 saturated carbocycles. The van der Waals surface area contributed by atoms with E-state index >= 15 is 0 Å². The minimum Gasteiger partial charge on any atom is -0.377 e. The van der Waals surface area contributed by atoms with Gasteiger partial charge in [0, 0.05) is 30.6 Å². The lowest BCUT2D eigenvalue weighted by Gasteiger charge is -2.29. The van der Waals surface area contributed by atoms with Crippen molar-refractivity contribution in [1.29, 1.82) is 0 Å². The van der Waals surface area contributed by atoms with Crippen LogP contribution >= 0.6 is 0 Å². The molecule has 7 heteroatoms. The fourth-order valence-electron chi connectivity index (χ4n) is 3.47. The molecule has 33 heavy (non-hydrogen) atoms. The number of hydrogen-bond donors (Lipinski definition) is 0. The van der Waals surface area contributed by atoms with Crippen molar-refractivity contribution < 1.29 is 19.3 Å². The van der Waals surface area contributed by atoms with E-state index in [4.69, 9.17) is 19.6 Å². The van der Waals surface area contributed by atoms with Crippen molar-refractivity contribution in [2.45, 2.75) is 33.7 Å². The van der Waals surface area contributed by atoms with E-state index in [0.29, 0.717) is 19.8 Å². The van der Waals surface area contributed by atoms with Gasteiger partial charge in [0.05, 0.1) is 30.3 Å². The predicted octanol–water partition coefficient (Wildman–Crippen LogP) is 4.85. The van der Waals surface area contributed by atoms with Crippen LogP contribution in [0, 0.1) is 6.92 Å². The van der Waals surface area contributed by atoms with Gasteiger partial charge in [-0.25, -0.2) is 14.8 Å². The average Bonchev–Trinajstić information content (AvgIpc) is 2.82. The van der Waals surface area contributed by atoms with Gasteiger partial charge in [-0.3, -0.25) is 4.89 Å². The monoisotopic (exact) mass is 449 g/mol. The number of nitrogens with zero attached hydrogens (tertiary/aromatic N) is 3. The molecule has 0 aliphatic carbocycles.